The van der Waals surface area contributed by atoms with Gasteiger partial charge in [0.25, 0.3) is 0 Å². The van der Waals surface area contributed by atoms with Gasteiger partial charge < -0.3 is 5.11 Å². The molecule has 1 N–H and O–H groups in total. The van der Waals surface area contributed by atoms with Crippen molar-refractivity contribution in [1.82, 2.24) is 14.9 Å². The summed E-state index contributed by atoms with van der Waals surface area (Å²) in [5.41, 5.74) is 0.126. The van der Waals surface area contributed by atoms with Crippen LogP contribution in [-0.2, 0) is 0 Å². The van der Waals surface area contributed by atoms with Crippen LogP contribution in [-0.4, -0.2) is 31.1 Å². The second-order valence-corrected chi connectivity index (χ2v) is 3.09. The van der Waals surface area contributed by atoms with Gasteiger partial charge in [-0.1, -0.05) is 0 Å². The highest BCUT2D eigenvalue weighted by Crippen LogP contribution is 2.25. The summed E-state index contributed by atoms with van der Waals surface area (Å²) < 4.78 is 1.35. The van der Waals surface area contributed by atoms with Crippen LogP contribution in [0, 0.1) is 10.1 Å². The number of nitrogens with zero attached hydrogens (tertiary/aromatic N) is 5. The molecule has 0 atom stereocenters. The summed E-state index contributed by atoms with van der Waals surface area (Å²) in [5, 5.41) is 30.8. The Morgan fingerprint density at radius 3 is 2.76 bits per heavy atom. The minimum Gasteiger partial charge on any atom is -0.502 e. The van der Waals surface area contributed by atoms with Gasteiger partial charge in [0.05, 0.1) is 11.1 Å². The molecule has 0 amide bonds. The van der Waals surface area contributed by atoms with Crippen LogP contribution >= 0.6 is 0 Å². The molecule has 0 radical (unpaired) electrons. The van der Waals surface area contributed by atoms with Gasteiger partial charge in [-0.15, -0.1) is 10.2 Å². The lowest BCUT2D eigenvalue weighted by molar-refractivity contribution is -0.385. The van der Waals surface area contributed by atoms with E-state index in [1.807, 2.05) is 0 Å². The lowest BCUT2D eigenvalue weighted by Gasteiger charge is -1.97. The third-order valence-electron chi connectivity index (χ3n) is 1.94. The molecular weight excluding hydrogens is 226 g/mol. The molecule has 0 saturated carbocycles. The van der Waals surface area contributed by atoms with E-state index in [9.17, 15) is 15.2 Å². The summed E-state index contributed by atoms with van der Waals surface area (Å²) >= 11 is 0. The third-order valence-corrected chi connectivity index (χ3v) is 1.94. The first-order chi connectivity index (χ1) is 8.16. The molecule has 0 fully saturated rings. The number of nitro groups is 1. The fourth-order valence-electron chi connectivity index (χ4n) is 1.16. The quantitative estimate of drug-likeness (QED) is 0.478. The van der Waals surface area contributed by atoms with Gasteiger partial charge in [-0.25, -0.2) is 4.68 Å². The zero-order valence-electron chi connectivity index (χ0n) is 8.46. The second kappa shape index (κ2) is 4.39. The van der Waals surface area contributed by atoms with E-state index in [1.54, 1.807) is 0 Å². The third kappa shape index (κ3) is 2.43. The van der Waals surface area contributed by atoms with Crippen LogP contribution < -0.4 is 0 Å². The minimum absolute atomic E-state index is 0.363. The molecule has 1 aromatic carbocycles. The molecule has 0 aliphatic heterocycles. The molecule has 0 aliphatic rings. The molecule has 0 saturated heterocycles. The number of benzene rings is 1. The van der Waals surface area contributed by atoms with E-state index in [0.29, 0.717) is 5.56 Å². The van der Waals surface area contributed by atoms with E-state index < -0.39 is 4.92 Å². The Bertz CT molecular complexity index is 564. The summed E-state index contributed by atoms with van der Waals surface area (Å²) in [5.74, 6) is -0.378. The molecule has 0 bridgehead atoms. The van der Waals surface area contributed by atoms with Gasteiger partial charge in [0.1, 0.15) is 12.7 Å². The first-order valence-corrected chi connectivity index (χ1v) is 4.53. The summed E-state index contributed by atoms with van der Waals surface area (Å²) in [4.78, 5) is 9.92. The number of aromatic nitrogens is 3. The van der Waals surface area contributed by atoms with Crippen molar-refractivity contribution in [2.75, 3.05) is 0 Å². The molecule has 0 aliphatic carbocycles. The topological polar surface area (TPSA) is 106 Å². The number of hydrogen-bond acceptors (Lipinski definition) is 6. The number of phenols is 1. The van der Waals surface area contributed by atoms with Crippen LogP contribution in [0.4, 0.5) is 5.69 Å². The SMILES string of the molecule is O=[N+]([O-])c1cc(/C=N/n2cnnc2)ccc1O. The maximum absolute atomic E-state index is 10.6. The molecule has 8 heteroatoms. The van der Waals surface area contributed by atoms with E-state index in [0.717, 1.165) is 0 Å². The smallest absolute Gasteiger partial charge is 0.311 e. The largest absolute Gasteiger partial charge is 0.502 e. The van der Waals surface area contributed by atoms with E-state index in [2.05, 4.69) is 15.3 Å². The van der Waals surface area contributed by atoms with Crippen molar-refractivity contribution in [3.8, 4) is 5.75 Å². The zero-order chi connectivity index (χ0) is 12.3. The number of nitro benzene ring substituents is 1. The highest BCUT2D eigenvalue weighted by atomic mass is 16.6. The van der Waals surface area contributed by atoms with Crippen molar-refractivity contribution in [2.24, 2.45) is 5.10 Å². The van der Waals surface area contributed by atoms with Crippen LogP contribution in [0.25, 0.3) is 0 Å². The number of phenolic OH excluding ortho intramolecular Hbond substituents is 1. The van der Waals surface area contributed by atoms with Crippen LogP contribution in [0.1, 0.15) is 5.56 Å². The van der Waals surface area contributed by atoms with Gasteiger partial charge in [-0.2, -0.15) is 5.10 Å². The van der Waals surface area contributed by atoms with Crippen LogP contribution in [0.3, 0.4) is 0 Å². The molecule has 2 aromatic rings. The van der Waals surface area contributed by atoms with Crippen molar-refractivity contribution in [3.63, 3.8) is 0 Å². The Morgan fingerprint density at radius 1 is 1.41 bits per heavy atom. The Morgan fingerprint density at radius 2 is 2.12 bits per heavy atom. The molecule has 1 aromatic heterocycles. The van der Waals surface area contributed by atoms with Gasteiger partial charge in [-0.05, 0) is 12.1 Å². The molecule has 0 unspecified atom stereocenters. The van der Waals surface area contributed by atoms with Gasteiger partial charge in [-0.3, -0.25) is 10.1 Å². The summed E-state index contributed by atoms with van der Waals surface area (Å²) in [7, 11) is 0. The zero-order valence-corrected chi connectivity index (χ0v) is 8.46. The van der Waals surface area contributed by atoms with Crippen LogP contribution in [0.2, 0.25) is 0 Å². The van der Waals surface area contributed by atoms with Gasteiger partial charge in [0.15, 0.2) is 5.75 Å². The predicted molar refractivity (Wildman–Crippen MR) is 57.8 cm³/mol. The predicted octanol–water partition coefficient (Wildman–Crippen LogP) is 0.774. The lowest BCUT2D eigenvalue weighted by atomic mass is 10.2. The normalized spacial score (nSPS) is 10.8. The molecular formula is C9H7N5O3. The van der Waals surface area contributed by atoms with Gasteiger partial charge in [0, 0.05) is 11.6 Å². The van der Waals surface area contributed by atoms with Crippen LogP contribution in [0.5, 0.6) is 5.75 Å². The second-order valence-electron chi connectivity index (χ2n) is 3.09. The molecule has 1 heterocycles. The Kier molecular flexibility index (Phi) is 2.77. The standard InChI is InChI=1S/C9H7N5O3/c15-9-2-1-7(3-8(9)14(16)17)4-12-13-5-10-11-6-13/h1-6,15H/b12-4+. The number of hydrogen-bond donors (Lipinski definition) is 1. The summed E-state index contributed by atoms with van der Waals surface area (Å²) in [6, 6.07) is 3.98. The van der Waals surface area contributed by atoms with Crippen molar-refractivity contribution in [1.29, 1.82) is 0 Å². The highest BCUT2D eigenvalue weighted by Gasteiger charge is 2.12. The number of rotatable bonds is 3. The fraction of sp³-hybridized carbons (Fsp3) is 0. The maximum Gasteiger partial charge on any atom is 0.311 e. The fourth-order valence-corrected chi connectivity index (χ4v) is 1.16. The molecule has 0 spiro atoms. The van der Waals surface area contributed by atoms with Crippen molar-refractivity contribution < 1.29 is 10.0 Å². The van der Waals surface area contributed by atoms with Crippen molar-refractivity contribution >= 4 is 11.9 Å². The van der Waals surface area contributed by atoms with E-state index in [4.69, 9.17) is 0 Å². The van der Waals surface area contributed by atoms with E-state index in [1.165, 1.54) is 41.7 Å². The van der Waals surface area contributed by atoms with E-state index >= 15 is 0 Å². The maximum atomic E-state index is 10.6. The highest BCUT2D eigenvalue weighted by molar-refractivity contribution is 5.81. The van der Waals surface area contributed by atoms with Crippen molar-refractivity contribution in [2.45, 2.75) is 0 Å². The van der Waals surface area contributed by atoms with Gasteiger partial charge in [0.2, 0.25) is 0 Å². The average Bonchev–Trinajstić information content (AvgIpc) is 2.80. The Labute approximate surface area is 95.0 Å². The average molecular weight is 233 g/mol. The molecule has 86 valence electrons. The summed E-state index contributed by atoms with van der Waals surface area (Å²) in [6.07, 6.45) is 4.16. The van der Waals surface area contributed by atoms with Crippen LogP contribution in [0.15, 0.2) is 36.0 Å². The monoisotopic (exact) mass is 233 g/mol. The van der Waals surface area contributed by atoms with Crippen molar-refractivity contribution in [3.05, 3.63) is 46.5 Å². The van der Waals surface area contributed by atoms with E-state index in [-0.39, 0.29) is 11.4 Å². The first-order valence-electron chi connectivity index (χ1n) is 4.53. The Balaban J connectivity index is 2.28. The summed E-state index contributed by atoms with van der Waals surface area (Å²) in [6.45, 7) is 0. The minimum atomic E-state index is -0.661. The lowest BCUT2D eigenvalue weighted by Crippen LogP contribution is -1.92. The molecule has 2 rings (SSSR count). The number of aromatic hydroxyl groups is 1. The Hall–Kier alpha value is -2.77. The molecule has 17 heavy (non-hydrogen) atoms. The first kappa shape index (κ1) is 10.7. The molecule has 8 nitrogen and oxygen atoms in total. The van der Waals surface area contributed by atoms with Gasteiger partial charge >= 0.3 is 5.69 Å².